The minimum atomic E-state index is -0.537. The lowest BCUT2D eigenvalue weighted by atomic mass is 9.91. The smallest absolute Gasteiger partial charge is 0.407 e. The normalized spacial score (nSPS) is 20.3. The molecule has 0 radical (unpaired) electrons. The molecule has 0 spiro atoms. The van der Waals surface area contributed by atoms with Gasteiger partial charge in [0.1, 0.15) is 28.9 Å². The van der Waals surface area contributed by atoms with Crippen LogP contribution in [-0.4, -0.2) is 58.0 Å². The first-order valence-electron chi connectivity index (χ1n) is 13.9. The lowest BCUT2D eigenvalue weighted by Gasteiger charge is -2.30. The molecule has 11 heteroatoms. The number of carbonyl (C=O) groups excluding carboxylic acids is 2. The van der Waals surface area contributed by atoms with Crippen LogP contribution in [0.2, 0.25) is 0 Å². The largest absolute Gasteiger partial charge is 0.492 e. The fourth-order valence-corrected chi connectivity index (χ4v) is 5.21. The van der Waals surface area contributed by atoms with Gasteiger partial charge in [-0.25, -0.2) is 14.8 Å². The number of carbonyl (C=O) groups is 2. The average molecular weight is 550 g/mol. The van der Waals surface area contributed by atoms with Gasteiger partial charge in [0, 0.05) is 18.3 Å². The molecule has 3 aliphatic rings. The fraction of sp³-hybridized carbons (Fsp3) is 0.517. The zero-order valence-corrected chi connectivity index (χ0v) is 23.0. The van der Waals surface area contributed by atoms with Crippen molar-refractivity contribution < 1.29 is 28.5 Å². The Morgan fingerprint density at radius 2 is 1.77 bits per heavy atom. The van der Waals surface area contributed by atoms with E-state index in [-0.39, 0.29) is 24.8 Å². The Morgan fingerprint density at radius 3 is 2.50 bits per heavy atom. The third kappa shape index (κ3) is 5.64. The number of ether oxygens (including phenoxy) is 4. The van der Waals surface area contributed by atoms with Crippen LogP contribution in [0, 0.1) is 5.92 Å². The highest BCUT2D eigenvalue weighted by Crippen LogP contribution is 2.48. The van der Waals surface area contributed by atoms with Gasteiger partial charge in [0.15, 0.2) is 11.5 Å². The van der Waals surface area contributed by atoms with E-state index in [1.165, 1.54) is 19.2 Å². The zero-order valence-electron chi connectivity index (χ0n) is 23.0. The van der Waals surface area contributed by atoms with Crippen molar-refractivity contribution in [3.05, 3.63) is 30.2 Å². The van der Waals surface area contributed by atoms with Gasteiger partial charge >= 0.3 is 6.09 Å². The number of nitrogens with one attached hydrogen (secondary N) is 3. The predicted molar refractivity (Wildman–Crippen MR) is 147 cm³/mol. The summed E-state index contributed by atoms with van der Waals surface area (Å²) in [6.07, 6.45) is 8.09. The van der Waals surface area contributed by atoms with E-state index >= 15 is 0 Å². The Hall–Kier alpha value is -4.02. The average Bonchev–Trinajstić information content (AvgIpc) is 3.43. The number of nitrogens with zero attached hydrogens (tertiary/aromatic N) is 2. The molecule has 2 fully saturated rings. The topological polar surface area (TPSA) is 137 Å². The van der Waals surface area contributed by atoms with E-state index in [0.29, 0.717) is 57.6 Å². The molecule has 212 valence electrons. The molecule has 1 aliphatic heterocycles. The second-order valence-corrected chi connectivity index (χ2v) is 11.7. The lowest BCUT2D eigenvalue weighted by Crippen LogP contribution is -2.45. The van der Waals surface area contributed by atoms with Gasteiger partial charge in [0.25, 0.3) is 5.91 Å². The Labute approximate surface area is 232 Å². The molecule has 11 nitrogen and oxygen atoms in total. The van der Waals surface area contributed by atoms with Gasteiger partial charge in [-0.2, -0.15) is 0 Å². The van der Waals surface area contributed by atoms with E-state index in [0.717, 1.165) is 25.7 Å². The first kappa shape index (κ1) is 26.2. The summed E-state index contributed by atoms with van der Waals surface area (Å²) in [7, 11) is 0. The molecule has 2 amide bonds. The molecular weight excluding hydrogens is 514 g/mol. The number of rotatable bonds is 7. The van der Waals surface area contributed by atoms with E-state index in [9.17, 15) is 9.59 Å². The number of hydrogen-bond donors (Lipinski definition) is 3. The standard InChI is InChI=1S/C29H35N5O6/c1-29(2,3)40-28(36)34-18-8-6-17(7-9-18)33-27(35)19-12-30-25-23(19)31-14-32-24(25)22-20(37-13-16-4-5-16)10-11-21-26(22)39-15-38-21/h10-12,14,16-18,30H,4-9,13,15H2,1-3H3,(H,33,35)(H,34,36)/t17-,18+. The highest BCUT2D eigenvalue weighted by atomic mass is 16.7. The number of benzene rings is 1. The van der Waals surface area contributed by atoms with Crippen LogP contribution in [0.1, 0.15) is 69.7 Å². The summed E-state index contributed by atoms with van der Waals surface area (Å²) in [5.41, 5.74) is 2.33. The van der Waals surface area contributed by atoms with Crippen molar-refractivity contribution in [2.24, 2.45) is 5.92 Å². The summed E-state index contributed by atoms with van der Waals surface area (Å²) >= 11 is 0. The predicted octanol–water partition coefficient (Wildman–Crippen LogP) is 4.71. The molecule has 3 heterocycles. The van der Waals surface area contributed by atoms with Crippen LogP contribution in [0.25, 0.3) is 22.3 Å². The van der Waals surface area contributed by atoms with Crippen LogP contribution in [-0.2, 0) is 4.74 Å². The molecule has 2 aromatic heterocycles. The first-order valence-corrected chi connectivity index (χ1v) is 13.9. The molecule has 40 heavy (non-hydrogen) atoms. The van der Waals surface area contributed by atoms with Crippen LogP contribution >= 0.6 is 0 Å². The molecule has 0 bridgehead atoms. The molecule has 3 aromatic rings. The molecule has 6 rings (SSSR count). The zero-order chi connectivity index (χ0) is 27.9. The number of amides is 2. The highest BCUT2D eigenvalue weighted by Gasteiger charge is 2.30. The Morgan fingerprint density at radius 1 is 1.02 bits per heavy atom. The third-order valence-electron chi connectivity index (χ3n) is 7.40. The van der Waals surface area contributed by atoms with E-state index in [1.54, 1.807) is 6.20 Å². The summed E-state index contributed by atoms with van der Waals surface area (Å²) in [6.45, 7) is 6.28. The summed E-state index contributed by atoms with van der Waals surface area (Å²) < 4.78 is 23.0. The monoisotopic (exact) mass is 549 g/mol. The van der Waals surface area contributed by atoms with Gasteiger partial charge in [-0.15, -0.1) is 0 Å². The molecule has 0 atom stereocenters. The number of hydrogen-bond acceptors (Lipinski definition) is 8. The SMILES string of the molecule is CC(C)(C)OC(=O)N[C@H]1CC[C@@H](NC(=O)c2c[nH]c3c(-c4c(OCC5CC5)ccc5c4OCO5)ncnc23)CC1. The van der Waals surface area contributed by atoms with Gasteiger partial charge in [0.05, 0.1) is 23.3 Å². The quantitative estimate of drug-likeness (QED) is 0.386. The second-order valence-electron chi connectivity index (χ2n) is 11.7. The summed E-state index contributed by atoms with van der Waals surface area (Å²) in [5, 5.41) is 6.08. The van der Waals surface area contributed by atoms with Crippen molar-refractivity contribution in [3.63, 3.8) is 0 Å². The van der Waals surface area contributed by atoms with Crippen LogP contribution < -0.4 is 24.8 Å². The maximum Gasteiger partial charge on any atom is 0.407 e. The summed E-state index contributed by atoms with van der Waals surface area (Å²) in [5.74, 6) is 2.23. The minimum absolute atomic E-state index is 0.000752. The molecule has 2 saturated carbocycles. The Bertz CT molecular complexity index is 1420. The van der Waals surface area contributed by atoms with E-state index in [2.05, 4.69) is 25.6 Å². The first-order chi connectivity index (χ1) is 19.2. The Kier molecular flexibility index (Phi) is 6.89. The van der Waals surface area contributed by atoms with Crippen molar-refractivity contribution in [2.45, 2.75) is 77.0 Å². The molecule has 0 unspecified atom stereocenters. The minimum Gasteiger partial charge on any atom is -0.492 e. The third-order valence-corrected chi connectivity index (χ3v) is 7.40. The highest BCUT2D eigenvalue weighted by molar-refractivity contribution is 6.08. The van der Waals surface area contributed by atoms with E-state index in [1.807, 2.05) is 32.9 Å². The number of aromatic nitrogens is 3. The van der Waals surface area contributed by atoms with Crippen LogP contribution in [0.15, 0.2) is 24.7 Å². The van der Waals surface area contributed by atoms with Crippen molar-refractivity contribution >= 4 is 23.0 Å². The summed E-state index contributed by atoms with van der Waals surface area (Å²) in [4.78, 5) is 37.7. The number of alkyl carbamates (subject to hydrolysis) is 1. The van der Waals surface area contributed by atoms with E-state index in [4.69, 9.17) is 18.9 Å². The van der Waals surface area contributed by atoms with Gasteiger partial charge < -0.3 is 34.6 Å². The number of aromatic amines is 1. The molecule has 1 aromatic carbocycles. The van der Waals surface area contributed by atoms with Crippen molar-refractivity contribution in [1.82, 2.24) is 25.6 Å². The van der Waals surface area contributed by atoms with Crippen molar-refractivity contribution in [1.29, 1.82) is 0 Å². The molecule has 3 N–H and O–H groups in total. The summed E-state index contributed by atoms with van der Waals surface area (Å²) in [6, 6.07) is 3.75. The van der Waals surface area contributed by atoms with Gasteiger partial charge in [-0.05, 0) is 77.3 Å². The van der Waals surface area contributed by atoms with Gasteiger partial charge in [-0.3, -0.25) is 4.79 Å². The number of H-pyrrole nitrogens is 1. The molecule has 0 saturated heterocycles. The van der Waals surface area contributed by atoms with E-state index < -0.39 is 11.7 Å². The van der Waals surface area contributed by atoms with Crippen LogP contribution in [0.5, 0.6) is 17.2 Å². The Balaban J connectivity index is 1.17. The molecular formula is C29H35N5O6. The lowest BCUT2D eigenvalue weighted by molar-refractivity contribution is 0.0488. The maximum absolute atomic E-state index is 13.3. The second kappa shape index (κ2) is 10.5. The number of fused-ring (bicyclic) bond motifs is 2. The van der Waals surface area contributed by atoms with Gasteiger partial charge in [-0.1, -0.05) is 0 Å². The van der Waals surface area contributed by atoms with Crippen LogP contribution in [0.3, 0.4) is 0 Å². The molecule has 2 aliphatic carbocycles. The van der Waals surface area contributed by atoms with Gasteiger partial charge in [0.2, 0.25) is 6.79 Å². The fourth-order valence-electron chi connectivity index (χ4n) is 5.21. The van der Waals surface area contributed by atoms with Crippen molar-refractivity contribution in [2.75, 3.05) is 13.4 Å². The maximum atomic E-state index is 13.3. The van der Waals surface area contributed by atoms with Crippen LogP contribution in [0.4, 0.5) is 4.79 Å². The van der Waals surface area contributed by atoms with Crippen molar-refractivity contribution in [3.8, 4) is 28.5 Å².